The first-order chi connectivity index (χ1) is 16.4. The number of benzene rings is 3. The maximum atomic E-state index is 13.9. The fourth-order valence-electron chi connectivity index (χ4n) is 3.07. The third-order valence-corrected chi connectivity index (χ3v) is 4.94. The number of carbonyl (C=O) groups is 1. The average Bonchev–Trinajstić information content (AvgIpc) is 2.83. The summed E-state index contributed by atoms with van der Waals surface area (Å²) in [6.45, 7) is 2.30. The number of hydrogen-bond donors (Lipinski definition) is 1. The standard InChI is InChI=1S/C26H22ClFN2O4/c1-3-33-21-9-6-8-20(14-21)30-26(31)19(15-29)11-17-12-22(27)25(24(13-17)32-2)34-16-18-7-4-5-10-23(18)28/h4-14H,3,16H2,1-2H3,(H,30,31)/b19-11-. The Hall–Kier alpha value is -4.02. The minimum atomic E-state index is -0.592. The van der Waals surface area contributed by atoms with Gasteiger partial charge in [-0.25, -0.2) is 4.39 Å². The molecule has 3 aromatic carbocycles. The second-order valence-electron chi connectivity index (χ2n) is 7.00. The van der Waals surface area contributed by atoms with E-state index in [0.29, 0.717) is 29.2 Å². The Morgan fingerprint density at radius 2 is 1.94 bits per heavy atom. The third kappa shape index (κ3) is 6.27. The van der Waals surface area contributed by atoms with E-state index in [-0.39, 0.29) is 28.7 Å². The topological polar surface area (TPSA) is 80.6 Å². The van der Waals surface area contributed by atoms with Crippen LogP contribution in [0.25, 0.3) is 6.08 Å². The summed E-state index contributed by atoms with van der Waals surface area (Å²) < 4.78 is 30.4. The first-order valence-electron chi connectivity index (χ1n) is 10.3. The van der Waals surface area contributed by atoms with E-state index in [1.165, 1.54) is 25.3 Å². The molecular formula is C26H22ClFN2O4. The average molecular weight is 481 g/mol. The van der Waals surface area contributed by atoms with Crippen LogP contribution in [-0.4, -0.2) is 19.6 Å². The van der Waals surface area contributed by atoms with E-state index in [4.69, 9.17) is 25.8 Å². The molecule has 3 rings (SSSR count). The summed E-state index contributed by atoms with van der Waals surface area (Å²) in [4.78, 5) is 12.6. The normalized spacial score (nSPS) is 10.9. The highest BCUT2D eigenvalue weighted by molar-refractivity contribution is 6.32. The molecule has 34 heavy (non-hydrogen) atoms. The predicted octanol–water partition coefficient (Wildman–Crippen LogP) is 6.01. The van der Waals surface area contributed by atoms with E-state index in [0.717, 1.165) is 0 Å². The quantitative estimate of drug-likeness (QED) is 0.299. The molecule has 3 aromatic rings. The smallest absolute Gasteiger partial charge is 0.266 e. The van der Waals surface area contributed by atoms with Crippen molar-refractivity contribution in [1.29, 1.82) is 5.26 Å². The summed E-state index contributed by atoms with van der Waals surface area (Å²) in [5.74, 6) is 0.113. The van der Waals surface area contributed by atoms with Crippen molar-refractivity contribution in [2.24, 2.45) is 0 Å². The van der Waals surface area contributed by atoms with Gasteiger partial charge in [-0.1, -0.05) is 35.9 Å². The van der Waals surface area contributed by atoms with Crippen LogP contribution in [0.3, 0.4) is 0 Å². The van der Waals surface area contributed by atoms with Crippen LogP contribution in [0.1, 0.15) is 18.1 Å². The molecule has 0 aliphatic heterocycles. The molecule has 174 valence electrons. The molecule has 0 radical (unpaired) electrons. The molecule has 6 nitrogen and oxygen atoms in total. The number of ether oxygens (including phenoxy) is 3. The van der Waals surface area contributed by atoms with Crippen LogP contribution in [0, 0.1) is 17.1 Å². The zero-order chi connectivity index (χ0) is 24.5. The third-order valence-electron chi connectivity index (χ3n) is 4.66. The molecule has 0 atom stereocenters. The van der Waals surface area contributed by atoms with Crippen molar-refractivity contribution in [1.82, 2.24) is 0 Å². The second kappa shape index (κ2) is 11.7. The monoisotopic (exact) mass is 480 g/mol. The van der Waals surface area contributed by atoms with E-state index < -0.39 is 11.7 Å². The number of anilines is 1. The molecule has 0 heterocycles. The minimum Gasteiger partial charge on any atom is -0.494 e. The molecule has 0 saturated heterocycles. The van der Waals surface area contributed by atoms with Crippen molar-refractivity contribution in [2.45, 2.75) is 13.5 Å². The van der Waals surface area contributed by atoms with Gasteiger partial charge in [0, 0.05) is 17.3 Å². The van der Waals surface area contributed by atoms with Crippen LogP contribution >= 0.6 is 11.6 Å². The lowest BCUT2D eigenvalue weighted by Crippen LogP contribution is -2.13. The Bertz CT molecular complexity index is 1250. The van der Waals surface area contributed by atoms with Crippen LogP contribution in [0.2, 0.25) is 5.02 Å². The minimum absolute atomic E-state index is 0.0510. The highest BCUT2D eigenvalue weighted by atomic mass is 35.5. The van der Waals surface area contributed by atoms with Gasteiger partial charge in [-0.05, 0) is 48.9 Å². The van der Waals surface area contributed by atoms with Gasteiger partial charge in [-0.3, -0.25) is 4.79 Å². The summed E-state index contributed by atoms with van der Waals surface area (Å²) in [5, 5.41) is 12.4. The van der Waals surface area contributed by atoms with Crippen LogP contribution < -0.4 is 19.5 Å². The van der Waals surface area contributed by atoms with Crippen molar-refractivity contribution in [3.63, 3.8) is 0 Å². The van der Waals surface area contributed by atoms with Gasteiger partial charge in [-0.2, -0.15) is 5.26 Å². The number of amides is 1. The van der Waals surface area contributed by atoms with Crippen LogP contribution in [0.4, 0.5) is 10.1 Å². The summed E-state index contributed by atoms with van der Waals surface area (Å²) in [6, 6.07) is 18.1. The predicted molar refractivity (Wildman–Crippen MR) is 129 cm³/mol. The molecule has 0 unspecified atom stereocenters. The maximum Gasteiger partial charge on any atom is 0.266 e. The summed E-state index contributed by atoms with van der Waals surface area (Å²) in [7, 11) is 1.43. The van der Waals surface area contributed by atoms with E-state index in [2.05, 4.69) is 5.32 Å². The Labute approximate surface area is 202 Å². The van der Waals surface area contributed by atoms with E-state index in [1.54, 1.807) is 48.5 Å². The van der Waals surface area contributed by atoms with Gasteiger partial charge in [0.15, 0.2) is 11.5 Å². The zero-order valence-electron chi connectivity index (χ0n) is 18.6. The van der Waals surface area contributed by atoms with Gasteiger partial charge in [-0.15, -0.1) is 0 Å². The number of nitrogens with one attached hydrogen (secondary N) is 1. The summed E-state index contributed by atoms with van der Waals surface area (Å²) >= 11 is 6.38. The van der Waals surface area contributed by atoms with E-state index in [1.807, 2.05) is 13.0 Å². The number of hydrogen-bond acceptors (Lipinski definition) is 5. The van der Waals surface area contributed by atoms with Gasteiger partial charge in [0.1, 0.15) is 29.8 Å². The Balaban J connectivity index is 1.81. The maximum absolute atomic E-state index is 13.9. The molecule has 8 heteroatoms. The summed E-state index contributed by atoms with van der Waals surface area (Å²) in [5.41, 5.74) is 1.17. The molecule has 1 amide bonds. The first kappa shape index (κ1) is 24.6. The van der Waals surface area contributed by atoms with Gasteiger partial charge < -0.3 is 19.5 Å². The zero-order valence-corrected chi connectivity index (χ0v) is 19.4. The van der Waals surface area contributed by atoms with E-state index >= 15 is 0 Å². The molecule has 0 fully saturated rings. The molecule has 1 N–H and O–H groups in total. The Morgan fingerprint density at radius 3 is 2.65 bits per heavy atom. The number of halogens is 2. The molecule has 0 saturated carbocycles. The lowest BCUT2D eigenvalue weighted by molar-refractivity contribution is -0.112. The van der Waals surface area contributed by atoms with Gasteiger partial charge in [0.05, 0.1) is 18.7 Å². The van der Waals surface area contributed by atoms with Crippen LogP contribution in [-0.2, 0) is 11.4 Å². The number of nitriles is 1. The highest BCUT2D eigenvalue weighted by Gasteiger charge is 2.15. The number of nitrogens with zero attached hydrogens (tertiary/aromatic N) is 1. The lowest BCUT2D eigenvalue weighted by atomic mass is 10.1. The van der Waals surface area contributed by atoms with Gasteiger partial charge in [0.25, 0.3) is 5.91 Å². The molecular weight excluding hydrogens is 459 g/mol. The van der Waals surface area contributed by atoms with Crippen molar-refractivity contribution in [2.75, 3.05) is 19.0 Å². The molecule has 0 bridgehead atoms. The Morgan fingerprint density at radius 1 is 1.15 bits per heavy atom. The second-order valence-corrected chi connectivity index (χ2v) is 7.41. The van der Waals surface area contributed by atoms with Crippen molar-refractivity contribution in [3.05, 3.63) is 88.2 Å². The van der Waals surface area contributed by atoms with Crippen LogP contribution in [0.15, 0.2) is 66.2 Å². The molecule has 0 spiro atoms. The first-order valence-corrected chi connectivity index (χ1v) is 10.7. The van der Waals surface area contributed by atoms with Crippen molar-refractivity contribution < 1.29 is 23.4 Å². The lowest BCUT2D eigenvalue weighted by Gasteiger charge is -2.14. The highest BCUT2D eigenvalue weighted by Crippen LogP contribution is 2.37. The SMILES string of the molecule is CCOc1cccc(NC(=O)/C(C#N)=C\c2cc(Cl)c(OCc3ccccc3F)c(OC)c2)c1. The fourth-order valence-corrected chi connectivity index (χ4v) is 3.35. The molecule has 0 aliphatic rings. The number of carbonyl (C=O) groups excluding carboxylic acids is 1. The molecule has 0 aliphatic carbocycles. The van der Waals surface area contributed by atoms with Crippen molar-refractivity contribution in [3.8, 4) is 23.3 Å². The van der Waals surface area contributed by atoms with Gasteiger partial charge >= 0.3 is 0 Å². The van der Waals surface area contributed by atoms with E-state index in [9.17, 15) is 14.4 Å². The number of rotatable bonds is 9. The number of methoxy groups -OCH3 is 1. The van der Waals surface area contributed by atoms with Gasteiger partial charge in [0.2, 0.25) is 0 Å². The summed E-state index contributed by atoms with van der Waals surface area (Å²) in [6.07, 6.45) is 1.39. The fraction of sp³-hybridized carbons (Fsp3) is 0.154. The largest absolute Gasteiger partial charge is 0.494 e. The Kier molecular flexibility index (Phi) is 8.49. The molecule has 0 aromatic heterocycles. The van der Waals surface area contributed by atoms with Crippen molar-refractivity contribution >= 4 is 29.3 Å². The van der Waals surface area contributed by atoms with Crippen LogP contribution in [0.5, 0.6) is 17.2 Å².